The monoisotopic (exact) mass is 235 g/mol. The molecule has 0 radical (unpaired) electrons. The topological polar surface area (TPSA) is 23.5 Å². The summed E-state index contributed by atoms with van der Waals surface area (Å²) in [5, 5.41) is 9.94. The first-order valence-electron chi connectivity index (χ1n) is 6.75. The van der Waals surface area contributed by atoms with E-state index in [1.165, 1.54) is 19.3 Å². The molecule has 0 aliphatic heterocycles. The van der Waals surface area contributed by atoms with Gasteiger partial charge in [-0.3, -0.25) is 0 Å². The Labute approximate surface area is 105 Å². The van der Waals surface area contributed by atoms with Crippen LogP contribution in [-0.4, -0.2) is 17.7 Å². The summed E-state index contributed by atoms with van der Waals surface area (Å²) < 4.78 is 0. The predicted molar refractivity (Wildman–Crippen MR) is 74.7 cm³/mol. The predicted octanol–water partition coefficient (Wildman–Crippen LogP) is 4.19. The minimum atomic E-state index is 0.393. The molecule has 1 unspecified atom stereocenters. The second-order valence-electron chi connectivity index (χ2n) is 4.67. The second kappa shape index (κ2) is 7.21. The highest BCUT2D eigenvalue weighted by atomic mass is 16.3. The molecule has 0 aliphatic carbocycles. The molecule has 0 aromatic heterocycles. The van der Waals surface area contributed by atoms with Crippen LogP contribution in [0.4, 0.5) is 5.69 Å². The SMILES string of the molecule is CCCCC(C)N(CCC)c1ccccc1O. The summed E-state index contributed by atoms with van der Waals surface area (Å²) in [4.78, 5) is 2.32. The largest absolute Gasteiger partial charge is 0.506 e. The highest BCUT2D eigenvalue weighted by molar-refractivity contribution is 5.58. The summed E-state index contributed by atoms with van der Waals surface area (Å²) in [6, 6.07) is 8.13. The van der Waals surface area contributed by atoms with Crippen molar-refractivity contribution in [1.29, 1.82) is 0 Å². The van der Waals surface area contributed by atoms with Crippen LogP contribution >= 0.6 is 0 Å². The third kappa shape index (κ3) is 3.95. The van der Waals surface area contributed by atoms with E-state index in [0.29, 0.717) is 11.8 Å². The average Bonchev–Trinajstić information content (AvgIpc) is 2.34. The van der Waals surface area contributed by atoms with Gasteiger partial charge in [0, 0.05) is 12.6 Å². The zero-order chi connectivity index (χ0) is 12.7. The summed E-state index contributed by atoms with van der Waals surface area (Å²) in [6.45, 7) is 7.65. The van der Waals surface area contributed by atoms with E-state index < -0.39 is 0 Å². The molecule has 0 bridgehead atoms. The van der Waals surface area contributed by atoms with E-state index in [9.17, 15) is 5.11 Å². The molecule has 0 aliphatic rings. The Hall–Kier alpha value is -1.18. The number of hydrogen-bond acceptors (Lipinski definition) is 2. The number of para-hydroxylation sites is 2. The van der Waals surface area contributed by atoms with E-state index in [0.717, 1.165) is 18.7 Å². The molecule has 1 atom stereocenters. The van der Waals surface area contributed by atoms with Gasteiger partial charge in [0.15, 0.2) is 0 Å². The number of rotatable bonds is 7. The molecule has 1 rings (SSSR count). The minimum absolute atomic E-state index is 0.393. The van der Waals surface area contributed by atoms with E-state index in [4.69, 9.17) is 0 Å². The maximum absolute atomic E-state index is 9.94. The molecule has 1 aromatic rings. The number of hydrogen-bond donors (Lipinski definition) is 1. The Kier molecular flexibility index (Phi) is 5.88. The van der Waals surface area contributed by atoms with E-state index in [-0.39, 0.29) is 0 Å². The number of anilines is 1. The summed E-state index contributed by atoms with van der Waals surface area (Å²) in [7, 11) is 0. The van der Waals surface area contributed by atoms with Crippen molar-refractivity contribution < 1.29 is 5.11 Å². The standard InChI is InChI=1S/C15H25NO/c1-4-6-9-13(3)16(12-5-2)14-10-7-8-11-15(14)17/h7-8,10-11,13,17H,4-6,9,12H2,1-3H3. The quantitative estimate of drug-likeness (QED) is 0.766. The lowest BCUT2D eigenvalue weighted by Crippen LogP contribution is -2.33. The number of aromatic hydroxyl groups is 1. The number of nitrogens with zero attached hydrogens (tertiary/aromatic N) is 1. The van der Waals surface area contributed by atoms with Gasteiger partial charge in [-0.15, -0.1) is 0 Å². The van der Waals surface area contributed by atoms with Crippen molar-refractivity contribution in [3.8, 4) is 5.75 Å². The molecular formula is C15H25NO. The average molecular weight is 235 g/mol. The van der Waals surface area contributed by atoms with Crippen LogP contribution < -0.4 is 4.90 Å². The molecule has 2 nitrogen and oxygen atoms in total. The van der Waals surface area contributed by atoms with Crippen molar-refractivity contribution in [2.24, 2.45) is 0 Å². The van der Waals surface area contributed by atoms with Crippen LogP contribution in [0.2, 0.25) is 0 Å². The first kappa shape index (κ1) is 13.9. The van der Waals surface area contributed by atoms with Crippen molar-refractivity contribution in [3.05, 3.63) is 24.3 Å². The van der Waals surface area contributed by atoms with Crippen LogP contribution in [0, 0.1) is 0 Å². The van der Waals surface area contributed by atoms with Gasteiger partial charge in [-0.05, 0) is 31.9 Å². The van der Waals surface area contributed by atoms with Gasteiger partial charge in [0.05, 0.1) is 5.69 Å². The van der Waals surface area contributed by atoms with Crippen LogP contribution in [0.3, 0.4) is 0 Å². The Morgan fingerprint density at radius 3 is 2.47 bits per heavy atom. The van der Waals surface area contributed by atoms with Crippen molar-refractivity contribution in [2.45, 2.75) is 52.5 Å². The van der Waals surface area contributed by atoms with Gasteiger partial charge in [0.25, 0.3) is 0 Å². The number of phenols is 1. The zero-order valence-corrected chi connectivity index (χ0v) is 11.3. The molecule has 17 heavy (non-hydrogen) atoms. The van der Waals surface area contributed by atoms with E-state index in [2.05, 4.69) is 25.7 Å². The fourth-order valence-corrected chi connectivity index (χ4v) is 2.18. The van der Waals surface area contributed by atoms with Crippen molar-refractivity contribution in [1.82, 2.24) is 0 Å². The van der Waals surface area contributed by atoms with Gasteiger partial charge < -0.3 is 10.0 Å². The summed E-state index contributed by atoms with van der Waals surface area (Å²) in [5.41, 5.74) is 0.970. The summed E-state index contributed by atoms with van der Waals surface area (Å²) in [5.74, 6) is 0.393. The number of benzene rings is 1. The minimum Gasteiger partial charge on any atom is -0.506 e. The van der Waals surface area contributed by atoms with E-state index in [1.807, 2.05) is 18.2 Å². The van der Waals surface area contributed by atoms with Gasteiger partial charge in [0.2, 0.25) is 0 Å². The summed E-state index contributed by atoms with van der Waals surface area (Å²) >= 11 is 0. The molecule has 1 N–H and O–H groups in total. The Balaban J connectivity index is 2.81. The lowest BCUT2D eigenvalue weighted by Gasteiger charge is -2.31. The normalized spacial score (nSPS) is 12.4. The molecule has 0 amide bonds. The third-order valence-electron chi connectivity index (χ3n) is 3.16. The Morgan fingerprint density at radius 1 is 1.18 bits per heavy atom. The van der Waals surface area contributed by atoms with Crippen molar-refractivity contribution in [2.75, 3.05) is 11.4 Å². The van der Waals surface area contributed by atoms with Crippen LogP contribution in [0.15, 0.2) is 24.3 Å². The first-order chi connectivity index (χ1) is 8.20. The first-order valence-corrected chi connectivity index (χ1v) is 6.75. The van der Waals surface area contributed by atoms with Gasteiger partial charge in [0.1, 0.15) is 5.75 Å². The van der Waals surface area contributed by atoms with Gasteiger partial charge >= 0.3 is 0 Å². The second-order valence-corrected chi connectivity index (χ2v) is 4.67. The smallest absolute Gasteiger partial charge is 0.138 e. The number of phenolic OH excluding ortho intramolecular Hbond substituents is 1. The van der Waals surface area contributed by atoms with E-state index >= 15 is 0 Å². The lowest BCUT2D eigenvalue weighted by atomic mass is 10.1. The zero-order valence-electron chi connectivity index (χ0n) is 11.3. The highest BCUT2D eigenvalue weighted by Crippen LogP contribution is 2.29. The molecule has 0 spiro atoms. The van der Waals surface area contributed by atoms with Crippen LogP contribution in [-0.2, 0) is 0 Å². The van der Waals surface area contributed by atoms with Gasteiger partial charge in [-0.1, -0.05) is 38.8 Å². The third-order valence-corrected chi connectivity index (χ3v) is 3.16. The highest BCUT2D eigenvalue weighted by Gasteiger charge is 2.15. The molecule has 2 heteroatoms. The van der Waals surface area contributed by atoms with Crippen LogP contribution in [0.25, 0.3) is 0 Å². The van der Waals surface area contributed by atoms with Crippen molar-refractivity contribution >= 4 is 5.69 Å². The van der Waals surface area contributed by atoms with Crippen molar-refractivity contribution in [3.63, 3.8) is 0 Å². The van der Waals surface area contributed by atoms with E-state index in [1.54, 1.807) is 6.07 Å². The maximum Gasteiger partial charge on any atom is 0.138 e. The fraction of sp³-hybridized carbons (Fsp3) is 0.600. The molecule has 96 valence electrons. The molecular weight excluding hydrogens is 210 g/mol. The van der Waals surface area contributed by atoms with Crippen LogP contribution in [0.5, 0.6) is 5.75 Å². The fourth-order valence-electron chi connectivity index (χ4n) is 2.18. The maximum atomic E-state index is 9.94. The number of unbranched alkanes of at least 4 members (excludes halogenated alkanes) is 1. The Morgan fingerprint density at radius 2 is 1.88 bits per heavy atom. The molecule has 0 saturated heterocycles. The van der Waals surface area contributed by atoms with Gasteiger partial charge in [-0.25, -0.2) is 0 Å². The van der Waals surface area contributed by atoms with Crippen LogP contribution in [0.1, 0.15) is 46.5 Å². The molecule has 1 aromatic carbocycles. The molecule has 0 saturated carbocycles. The molecule has 0 heterocycles. The molecule has 0 fully saturated rings. The Bertz CT molecular complexity index is 324. The van der Waals surface area contributed by atoms with Gasteiger partial charge in [-0.2, -0.15) is 0 Å². The lowest BCUT2D eigenvalue weighted by molar-refractivity contribution is 0.467. The summed E-state index contributed by atoms with van der Waals surface area (Å²) in [6.07, 6.45) is 4.76.